The quantitative estimate of drug-likeness (QED) is 0.720. The van der Waals surface area contributed by atoms with E-state index in [-0.39, 0.29) is 0 Å². The first-order valence-corrected chi connectivity index (χ1v) is 6.42. The summed E-state index contributed by atoms with van der Waals surface area (Å²) < 4.78 is 4.91. The minimum absolute atomic E-state index is 0.473. The molecule has 0 radical (unpaired) electrons. The van der Waals surface area contributed by atoms with Crippen molar-refractivity contribution in [3.05, 3.63) is 61.2 Å². The third kappa shape index (κ3) is 2.41. The van der Waals surface area contributed by atoms with Crippen molar-refractivity contribution >= 4 is 28.2 Å². The number of carbonyl (C=O) groups excluding carboxylic acids is 1. The molecule has 3 rings (SSSR count). The first-order valence-electron chi connectivity index (χ1n) is 6.42. The minimum Gasteiger partial charge on any atom is -0.452 e. The van der Waals surface area contributed by atoms with Crippen LogP contribution in [-0.4, -0.2) is 23.2 Å². The summed E-state index contributed by atoms with van der Waals surface area (Å²) in [6.45, 7) is 0. The maximum Gasteiger partial charge on any atom is 0.418 e. The molecule has 2 heterocycles. The molecule has 0 fully saturated rings. The fourth-order valence-electron chi connectivity index (χ4n) is 2.21. The largest absolute Gasteiger partial charge is 0.452 e. The van der Waals surface area contributed by atoms with E-state index >= 15 is 0 Å². The number of hydrogen-bond acceptors (Lipinski definition) is 4. The topological polar surface area (TPSA) is 55.3 Å². The molecule has 0 unspecified atom stereocenters. The lowest BCUT2D eigenvalue weighted by Crippen LogP contribution is -2.25. The normalized spacial score (nSPS) is 10.3. The summed E-state index contributed by atoms with van der Waals surface area (Å²) in [7, 11) is 1.36. The zero-order chi connectivity index (χ0) is 14.7. The van der Waals surface area contributed by atoms with Gasteiger partial charge in [0.25, 0.3) is 0 Å². The highest BCUT2D eigenvalue weighted by Gasteiger charge is 2.20. The van der Waals surface area contributed by atoms with Gasteiger partial charge in [0, 0.05) is 24.0 Å². The lowest BCUT2D eigenvalue weighted by Gasteiger charge is -2.22. The Morgan fingerprint density at radius 3 is 2.67 bits per heavy atom. The first kappa shape index (κ1) is 13.1. The zero-order valence-corrected chi connectivity index (χ0v) is 11.4. The van der Waals surface area contributed by atoms with Crippen LogP contribution in [0.4, 0.5) is 16.2 Å². The summed E-state index contributed by atoms with van der Waals surface area (Å²) in [4.78, 5) is 21.9. The molecule has 0 aliphatic carbocycles. The highest BCUT2D eigenvalue weighted by Crippen LogP contribution is 2.31. The summed E-state index contributed by atoms with van der Waals surface area (Å²) in [6, 6.07) is 11.2. The van der Waals surface area contributed by atoms with E-state index in [0.717, 1.165) is 10.8 Å². The summed E-state index contributed by atoms with van der Waals surface area (Å²) in [5, 5.41) is 1.87. The van der Waals surface area contributed by atoms with E-state index in [4.69, 9.17) is 4.74 Å². The number of ether oxygens (including phenoxy) is 1. The molecule has 1 amide bonds. The standard InChI is InChI=1S/C16H13N3O2/c1-21-16(20)19(13-5-3-8-17-10-13)15-6-2-4-12-7-9-18-11-14(12)15/h2-11H,1H3. The highest BCUT2D eigenvalue weighted by atomic mass is 16.5. The van der Waals surface area contributed by atoms with Gasteiger partial charge in [-0.1, -0.05) is 12.1 Å². The number of fused-ring (bicyclic) bond motifs is 1. The summed E-state index contributed by atoms with van der Waals surface area (Å²) in [5.41, 5.74) is 1.35. The van der Waals surface area contributed by atoms with E-state index in [0.29, 0.717) is 11.4 Å². The van der Waals surface area contributed by atoms with Crippen LogP contribution in [0, 0.1) is 0 Å². The van der Waals surface area contributed by atoms with Crippen LogP contribution in [0.3, 0.4) is 0 Å². The van der Waals surface area contributed by atoms with Gasteiger partial charge >= 0.3 is 6.09 Å². The van der Waals surface area contributed by atoms with Crippen LogP contribution in [0.1, 0.15) is 0 Å². The van der Waals surface area contributed by atoms with Crippen molar-refractivity contribution in [2.75, 3.05) is 12.0 Å². The number of aromatic nitrogens is 2. The van der Waals surface area contributed by atoms with Gasteiger partial charge in [-0.05, 0) is 29.7 Å². The predicted molar refractivity (Wildman–Crippen MR) is 80.5 cm³/mol. The van der Waals surface area contributed by atoms with E-state index in [1.165, 1.54) is 12.0 Å². The molecular weight excluding hydrogens is 266 g/mol. The van der Waals surface area contributed by atoms with Crippen molar-refractivity contribution in [1.29, 1.82) is 0 Å². The number of nitrogens with zero attached hydrogens (tertiary/aromatic N) is 3. The van der Waals surface area contributed by atoms with Gasteiger partial charge in [-0.3, -0.25) is 9.97 Å². The highest BCUT2D eigenvalue weighted by molar-refractivity contribution is 6.05. The van der Waals surface area contributed by atoms with Crippen molar-refractivity contribution in [3.8, 4) is 0 Å². The second kappa shape index (κ2) is 5.58. The number of benzene rings is 1. The van der Waals surface area contributed by atoms with Gasteiger partial charge in [-0.25, -0.2) is 9.69 Å². The molecule has 0 atom stereocenters. The predicted octanol–water partition coefficient (Wildman–Crippen LogP) is 3.53. The zero-order valence-electron chi connectivity index (χ0n) is 11.4. The molecule has 0 N–H and O–H groups in total. The van der Waals surface area contributed by atoms with Crippen LogP contribution < -0.4 is 4.90 Å². The number of amides is 1. The lowest BCUT2D eigenvalue weighted by molar-refractivity contribution is 0.181. The van der Waals surface area contributed by atoms with E-state index in [1.54, 1.807) is 36.9 Å². The van der Waals surface area contributed by atoms with Gasteiger partial charge < -0.3 is 4.74 Å². The molecule has 5 heteroatoms. The third-order valence-corrected chi connectivity index (χ3v) is 3.16. The molecule has 0 aliphatic rings. The van der Waals surface area contributed by atoms with E-state index in [1.807, 2.05) is 24.3 Å². The van der Waals surface area contributed by atoms with E-state index in [9.17, 15) is 4.79 Å². The minimum atomic E-state index is -0.473. The fourth-order valence-corrected chi connectivity index (χ4v) is 2.21. The molecule has 0 aliphatic heterocycles. The molecule has 0 saturated heterocycles. The Hall–Kier alpha value is -2.95. The van der Waals surface area contributed by atoms with Crippen LogP contribution in [0.15, 0.2) is 61.2 Å². The van der Waals surface area contributed by atoms with Gasteiger partial charge in [0.05, 0.1) is 24.7 Å². The number of carbonyl (C=O) groups is 1. The molecular formula is C16H13N3O2. The molecule has 1 aromatic carbocycles. The molecule has 0 saturated carbocycles. The summed E-state index contributed by atoms with van der Waals surface area (Å²) in [5.74, 6) is 0. The average molecular weight is 279 g/mol. The molecule has 0 spiro atoms. The van der Waals surface area contributed by atoms with Crippen molar-refractivity contribution in [3.63, 3.8) is 0 Å². The second-order valence-electron chi connectivity index (χ2n) is 4.39. The number of hydrogen-bond donors (Lipinski definition) is 0. The van der Waals surface area contributed by atoms with Gasteiger partial charge in [0.15, 0.2) is 0 Å². The fraction of sp³-hybridized carbons (Fsp3) is 0.0625. The van der Waals surface area contributed by atoms with Crippen LogP contribution in [0.5, 0.6) is 0 Å². The smallest absolute Gasteiger partial charge is 0.418 e. The van der Waals surface area contributed by atoms with Crippen molar-refractivity contribution < 1.29 is 9.53 Å². The molecule has 21 heavy (non-hydrogen) atoms. The van der Waals surface area contributed by atoms with Crippen LogP contribution >= 0.6 is 0 Å². The van der Waals surface area contributed by atoms with Crippen LogP contribution in [0.25, 0.3) is 10.8 Å². The van der Waals surface area contributed by atoms with Gasteiger partial charge in [0.2, 0.25) is 0 Å². The Balaban J connectivity index is 2.22. The first-order chi connectivity index (χ1) is 10.3. The van der Waals surface area contributed by atoms with Gasteiger partial charge in [-0.15, -0.1) is 0 Å². The van der Waals surface area contributed by atoms with Gasteiger partial charge in [0.1, 0.15) is 0 Å². The molecule has 5 nitrogen and oxygen atoms in total. The Bertz CT molecular complexity index is 769. The van der Waals surface area contributed by atoms with E-state index < -0.39 is 6.09 Å². The molecule has 104 valence electrons. The van der Waals surface area contributed by atoms with Crippen molar-refractivity contribution in [1.82, 2.24) is 9.97 Å². The third-order valence-electron chi connectivity index (χ3n) is 3.16. The Morgan fingerprint density at radius 1 is 1.05 bits per heavy atom. The second-order valence-corrected chi connectivity index (χ2v) is 4.39. The van der Waals surface area contributed by atoms with E-state index in [2.05, 4.69) is 9.97 Å². The number of rotatable bonds is 2. The Labute approximate surface area is 121 Å². The van der Waals surface area contributed by atoms with Crippen LogP contribution in [-0.2, 0) is 4.74 Å². The SMILES string of the molecule is COC(=O)N(c1cccnc1)c1cccc2ccncc12. The maximum atomic E-state index is 12.2. The average Bonchev–Trinajstić information content (AvgIpc) is 2.56. The van der Waals surface area contributed by atoms with Crippen LogP contribution in [0.2, 0.25) is 0 Å². The molecule has 2 aromatic heterocycles. The lowest BCUT2D eigenvalue weighted by atomic mass is 10.1. The Kier molecular flexibility index (Phi) is 3.47. The summed E-state index contributed by atoms with van der Waals surface area (Å²) in [6.07, 6.45) is 6.25. The number of anilines is 2. The Morgan fingerprint density at radius 2 is 1.90 bits per heavy atom. The van der Waals surface area contributed by atoms with Gasteiger partial charge in [-0.2, -0.15) is 0 Å². The monoisotopic (exact) mass is 279 g/mol. The number of methoxy groups -OCH3 is 1. The molecule has 3 aromatic rings. The maximum absolute atomic E-state index is 12.2. The van der Waals surface area contributed by atoms with Crippen molar-refractivity contribution in [2.24, 2.45) is 0 Å². The van der Waals surface area contributed by atoms with Crippen molar-refractivity contribution in [2.45, 2.75) is 0 Å². The number of pyridine rings is 2. The summed E-state index contributed by atoms with van der Waals surface area (Å²) >= 11 is 0. The molecule has 0 bridgehead atoms.